The fraction of sp³-hybridized carbons (Fsp3) is 0.588. The lowest BCUT2D eigenvalue weighted by molar-refractivity contribution is -0.122. The Morgan fingerprint density at radius 2 is 1.86 bits per heavy atom. The van der Waals surface area contributed by atoms with Crippen LogP contribution in [0.4, 0.5) is 0 Å². The van der Waals surface area contributed by atoms with Crippen LogP contribution >= 0.6 is 0 Å². The Labute approximate surface area is 128 Å². The zero-order chi connectivity index (χ0) is 15.7. The molecule has 0 fully saturated rings. The Kier molecular flexibility index (Phi) is 8.01. The van der Waals surface area contributed by atoms with Crippen molar-refractivity contribution in [2.24, 2.45) is 0 Å². The summed E-state index contributed by atoms with van der Waals surface area (Å²) < 4.78 is 4.95. The number of rotatable bonds is 9. The van der Waals surface area contributed by atoms with E-state index in [0.29, 0.717) is 25.6 Å². The molecule has 0 spiro atoms. The summed E-state index contributed by atoms with van der Waals surface area (Å²) in [6, 6.07) is 8.34. The summed E-state index contributed by atoms with van der Waals surface area (Å²) in [6.07, 6.45) is 0.839. The lowest BCUT2D eigenvalue weighted by Gasteiger charge is -2.14. The van der Waals surface area contributed by atoms with Gasteiger partial charge in [0.15, 0.2) is 0 Å². The van der Waals surface area contributed by atoms with Crippen molar-refractivity contribution in [3.8, 4) is 0 Å². The molecule has 1 unspecified atom stereocenters. The van der Waals surface area contributed by atoms with E-state index in [1.54, 1.807) is 7.11 Å². The zero-order valence-electron chi connectivity index (χ0n) is 13.6. The molecular weight excluding hydrogens is 264 g/mol. The molecule has 0 saturated heterocycles. The minimum atomic E-state index is -0.197. The molecule has 0 aliphatic carbocycles. The van der Waals surface area contributed by atoms with Crippen LogP contribution < -0.4 is 10.6 Å². The van der Waals surface area contributed by atoms with Crippen molar-refractivity contribution in [2.75, 3.05) is 20.3 Å². The van der Waals surface area contributed by atoms with E-state index in [1.807, 2.05) is 6.92 Å². The molecule has 0 radical (unpaired) electrons. The molecule has 1 aromatic carbocycles. The predicted molar refractivity (Wildman–Crippen MR) is 86.3 cm³/mol. The first-order valence-electron chi connectivity index (χ1n) is 7.63. The number of carbonyl (C=O) groups is 1. The molecule has 0 bridgehead atoms. The zero-order valence-corrected chi connectivity index (χ0v) is 13.6. The lowest BCUT2D eigenvalue weighted by Crippen LogP contribution is -2.42. The topological polar surface area (TPSA) is 50.4 Å². The van der Waals surface area contributed by atoms with Crippen LogP contribution in [0, 0.1) is 0 Å². The fourth-order valence-electron chi connectivity index (χ4n) is 1.97. The SMILES string of the molecule is COCCCNC(=O)C(C)NCc1ccc(C(C)C)cc1. The molecule has 21 heavy (non-hydrogen) atoms. The lowest BCUT2D eigenvalue weighted by atomic mass is 10.0. The molecule has 4 nitrogen and oxygen atoms in total. The van der Waals surface area contributed by atoms with Crippen molar-refractivity contribution in [1.82, 2.24) is 10.6 Å². The van der Waals surface area contributed by atoms with Gasteiger partial charge in [0.25, 0.3) is 0 Å². The summed E-state index contributed by atoms with van der Waals surface area (Å²) >= 11 is 0. The monoisotopic (exact) mass is 292 g/mol. The third-order valence-electron chi connectivity index (χ3n) is 3.48. The Morgan fingerprint density at radius 3 is 2.43 bits per heavy atom. The van der Waals surface area contributed by atoms with Crippen LogP contribution in [0.25, 0.3) is 0 Å². The first-order chi connectivity index (χ1) is 10.0. The summed E-state index contributed by atoms with van der Waals surface area (Å²) in [6.45, 7) is 8.28. The van der Waals surface area contributed by atoms with E-state index in [-0.39, 0.29) is 11.9 Å². The first-order valence-corrected chi connectivity index (χ1v) is 7.63. The second kappa shape index (κ2) is 9.53. The molecular formula is C17H28N2O2. The van der Waals surface area contributed by atoms with E-state index >= 15 is 0 Å². The van der Waals surface area contributed by atoms with Crippen molar-refractivity contribution in [3.63, 3.8) is 0 Å². The van der Waals surface area contributed by atoms with Gasteiger partial charge in [0.2, 0.25) is 5.91 Å². The van der Waals surface area contributed by atoms with Gasteiger partial charge in [-0.15, -0.1) is 0 Å². The Bertz CT molecular complexity index is 415. The number of methoxy groups -OCH3 is 1. The molecule has 0 aliphatic heterocycles. The number of amides is 1. The molecule has 1 amide bonds. The Balaban J connectivity index is 2.31. The highest BCUT2D eigenvalue weighted by atomic mass is 16.5. The summed E-state index contributed by atoms with van der Waals surface area (Å²) in [7, 11) is 1.66. The molecule has 1 atom stereocenters. The van der Waals surface area contributed by atoms with Crippen LogP contribution in [0.1, 0.15) is 44.2 Å². The van der Waals surface area contributed by atoms with E-state index < -0.39 is 0 Å². The van der Waals surface area contributed by atoms with Crippen LogP contribution in [0.15, 0.2) is 24.3 Å². The van der Waals surface area contributed by atoms with Crippen molar-refractivity contribution in [3.05, 3.63) is 35.4 Å². The van der Waals surface area contributed by atoms with Crippen molar-refractivity contribution in [1.29, 1.82) is 0 Å². The molecule has 0 heterocycles. The highest BCUT2D eigenvalue weighted by molar-refractivity contribution is 5.81. The maximum Gasteiger partial charge on any atom is 0.236 e. The molecule has 0 saturated carbocycles. The van der Waals surface area contributed by atoms with Crippen molar-refractivity contribution in [2.45, 2.75) is 45.7 Å². The predicted octanol–water partition coefficient (Wildman–Crippen LogP) is 2.44. The Hall–Kier alpha value is -1.39. The number of ether oxygens (including phenoxy) is 1. The maximum atomic E-state index is 11.9. The van der Waals surface area contributed by atoms with E-state index in [2.05, 4.69) is 48.7 Å². The smallest absolute Gasteiger partial charge is 0.236 e. The average molecular weight is 292 g/mol. The minimum Gasteiger partial charge on any atom is -0.385 e. The van der Waals surface area contributed by atoms with Gasteiger partial charge in [0.1, 0.15) is 0 Å². The van der Waals surface area contributed by atoms with Gasteiger partial charge in [0, 0.05) is 26.8 Å². The highest BCUT2D eigenvalue weighted by Crippen LogP contribution is 2.14. The van der Waals surface area contributed by atoms with Gasteiger partial charge in [-0.3, -0.25) is 4.79 Å². The van der Waals surface area contributed by atoms with Crippen LogP contribution in [0.3, 0.4) is 0 Å². The van der Waals surface area contributed by atoms with Gasteiger partial charge in [-0.2, -0.15) is 0 Å². The maximum absolute atomic E-state index is 11.9. The standard InChI is InChI=1S/C17H28N2O2/c1-13(2)16-8-6-15(7-9-16)12-19-14(3)17(20)18-10-5-11-21-4/h6-9,13-14,19H,5,10-12H2,1-4H3,(H,18,20). The average Bonchev–Trinajstić information content (AvgIpc) is 2.49. The number of hydrogen-bond donors (Lipinski definition) is 2. The molecule has 0 aliphatic rings. The van der Waals surface area contributed by atoms with Crippen LogP contribution in [-0.2, 0) is 16.1 Å². The fourth-order valence-corrected chi connectivity index (χ4v) is 1.97. The van der Waals surface area contributed by atoms with Gasteiger partial charge >= 0.3 is 0 Å². The van der Waals surface area contributed by atoms with E-state index in [9.17, 15) is 4.79 Å². The number of nitrogens with one attached hydrogen (secondary N) is 2. The molecule has 4 heteroatoms. The first kappa shape index (κ1) is 17.7. The second-order valence-electron chi connectivity index (χ2n) is 5.64. The molecule has 118 valence electrons. The van der Waals surface area contributed by atoms with Gasteiger partial charge in [0.05, 0.1) is 6.04 Å². The van der Waals surface area contributed by atoms with E-state index in [4.69, 9.17) is 4.74 Å². The summed E-state index contributed by atoms with van der Waals surface area (Å²) in [5.41, 5.74) is 2.53. The third-order valence-corrected chi connectivity index (χ3v) is 3.48. The third kappa shape index (κ3) is 6.74. The second-order valence-corrected chi connectivity index (χ2v) is 5.64. The minimum absolute atomic E-state index is 0.0323. The largest absolute Gasteiger partial charge is 0.385 e. The number of hydrogen-bond acceptors (Lipinski definition) is 3. The van der Waals surface area contributed by atoms with Gasteiger partial charge in [-0.1, -0.05) is 38.1 Å². The Morgan fingerprint density at radius 1 is 1.19 bits per heavy atom. The summed E-state index contributed by atoms with van der Waals surface area (Å²) in [5, 5.41) is 6.14. The van der Waals surface area contributed by atoms with Crippen LogP contribution in [-0.4, -0.2) is 32.2 Å². The number of benzene rings is 1. The molecule has 1 rings (SSSR count). The van der Waals surface area contributed by atoms with Gasteiger partial charge < -0.3 is 15.4 Å². The molecule has 2 N–H and O–H groups in total. The van der Waals surface area contributed by atoms with Gasteiger partial charge in [-0.25, -0.2) is 0 Å². The van der Waals surface area contributed by atoms with Crippen molar-refractivity contribution < 1.29 is 9.53 Å². The quantitative estimate of drug-likeness (QED) is 0.687. The van der Waals surface area contributed by atoms with E-state index in [1.165, 1.54) is 11.1 Å². The normalized spacial score (nSPS) is 12.4. The van der Waals surface area contributed by atoms with Gasteiger partial charge in [-0.05, 0) is 30.4 Å². The van der Waals surface area contributed by atoms with Crippen LogP contribution in [0.2, 0.25) is 0 Å². The van der Waals surface area contributed by atoms with E-state index in [0.717, 1.165) is 6.42 Å². The molecule has 0 aromatic heterocycles. The van der Waals surface area contributed by atoms with Crippen LogP contribution in [0.5, 0.6) is 0 Å². The summed E-state index contributed by atoms with van der Waals surface area (Å²) in [5.74, 6) is 0.578. The summed E-state index contributed by atoms with van der Waals surface area (Å²) in [4.78, 5) is 11.9. The number of carbonyl (C=O) groups excluding carboxylic acids is 1. The highest BCUT2D eigenvalue weighted by Gasteiger charge is 2.11. The van der Waals surface area contributed by atoms with Crippen molar-refractivity contribution >= 4 is 5.91 Å². The molecule has 1 aromatic rings.